The third-order valence-corrected chi connectivity index (χ3v) is 2.84. The van der Waals surface area contributed by atoms with Crippen LogP contribution in [0.4, 0.5) is 0 Å². The fourth-order valence-electron chi connectivity index (χ4n) is 1.19. The van der Waals surface area contributed by atoms with Crippen molar-refractivity contribution in [3.8, 4) is 0 Å². The zero-order valence-corrected chi connectivity index (χ0v) is 9.56. The van der Waals surface area contributed by atoms with Gasteiger partial charge in [-0.2, -0.15) is 0 Å². The summed E-state index contributed by atoms with van der Waals surface area (Å²) in [7, 11) is 0. The minimum atomic E-state index is -0.482. The molecular formula is C11H11N3OS. The number of nitrogens with zero attached hydrogens (tertiary/aromatic N) is 3. The number of aliphatic hydroxyl groups excluding tert-OH is 1. The Bertz CT molecular complexity index is 462. The molecule has 0 spiro atoms. The maximum Gasteiger partial charge on any atom is 0.121 e. The number of pyridine rings is 1. The Morgan fingerprint density at radius 1 is 1.19 bits per heavy atom. The van der Waals surface area contributed by atoms with Crippen molar-refractivity contribution >= 4 is 11.8 Å². The van der Waals surface area contributed by atoms with Gasteiger partial charge in [0.1, 0.15) is 10.1 Å². The maximum atomic E-state index is 9.45. The van der Waals surface area contributed by atoms with E-state index in [9.17, 15) is 5.11 Å². The predicted molar refractivity (Wildman–Crippen MR) is 61.0 cm³/mol. The van der Waals surface area contributed by atoms with Crippen molar-refractivity contribution in [3.05, 3.63) is 42.5 Å². The summed E-state index contributed by atoms with van der Waals surface area (Å²) in [5, 5.41) is 11.0. The number of rotatable bonds is 3. The van der Waals surface area contributed by atoms with Gasteiger partial charge in [-0.3, -0.25) is 4.98 Å². The molecule has 16 heavy (non-hydrogen) atoms. The topological polar surface area (TPSA) is 58.9 Å². The summed E-state index contributed by atoms with van der Waals surface area (Å²) in [5.41, 5.74) is 0.849. The fraction of sp³-hybridized carbons (Fsp3) is 0.182. The van der Waals surface area contributed by atoms with Gasteiger partial charge in [-0.15, -0.1) is 0 Å². The van der Waals surface area contributed by atoms with Crippen molar-refractivity contribution in [1.29, 1.82) is 0 Å². The second-order valence-corrected chi connectivity index (χ2v) is 4.29. The lowest BCUT2D eigenvalue weighted by molar-refractivity contribution is 0.199. The van der Waals surface area contributed by atoms with Gasteiger partial charge in [0.2, 0.25) is 0 Å². The second-order valence-electron chi connectivity index (χ2n) is 3.25. The van der Waals surface area contributed by atoms with Crippen LogP contribution in [0.5, 0.6) is 0 Å². The smallest absolute Gasteiger partial charge is 0.121 e. The molecule has 82 valence electrons. The van der Waals surface area contributed by atoms with E-state index in [1.54, 1.807) is 37.8 Å². The van der Waals surface area contributed by atoms with E-state index in [-0.39, 0.29) is 0 Å². The van der Waals surface area contributed by atoms with Crippen molar-refractivity contribution < 1.29 is 5.11 Å². The van der Waals surface area contributed by atoms with Crippen LogP contribution in [0.2, 0.25) is 0 Å². The van der Waals surface area contributed by atoms with Crippen LogP contribution in [-0.2, 0) is 0 Å². The van der Waals surface area contributed by atoms with Gasteiger partial charge >= 0.3 is 0 Å². The highest BCUT2D eigenvalue weighted by molar-refractivity contribution is 7.99. The third kappa shape index (κ3) is 2.77. The monoisotopic (exact) mass is 233 g/mol. The molecule has 5 heteroatoms. The number of hydrogen-bond donors (Lipinski definition) is 1. The Kier molecular flexibility index (Phi) is 3.48. The molecule has 1 atom stereocenters. The SMILES string of the molecule is C[C@H](O)c1ccnc(Sc2cnccn2)c1. The second kappa shape index (κ2) is 5.05. The van der Waals surface area contributed by atoms with Gasteiger partial charge in [0, 0.05) is 18.6 Å². The molecule has 4 nitrogen and oxygen atoms in total. The van der Waals surface area contributed by atoms with E-state index >= 15 is 0 Å². The largest absolute Gasteiger partial charge is 0.389 e. The van der Waals surface area contributed by atoms with Crippen LogP contribution >= 0.6 is 11.8 Å². The van der Waals surface area contributed by atoms with Gasteiger partial charge in [-0.1, -0.05) is 0 Å². The summed E-state index contributed by atoms with van der Waals surface area (Å²) in [6.45, 7) is 1.73. The molecule has 0 aliphatic carbocycles. The molecule has 0 unspecified atom stereocenters. The molecule has 2 heterocycles. The molecule has 0 aromatic carbocycles. The summed E-state index contributed by atoms with van der Waals surface area (Å²) >= 11 is 1.42. The van der Waals surface area contributed by atoms with Gasteiger partial charge in [0.25, 0.3) is 0 Å². The zero-order valence-electron chi connectivity index (χ0n) is 8.74. The van der Waals surface area contributed by atoms with Gasteiger partial charge in [-0.05, 0) is 36.4 Å². The van der Waals surface area contributed by atoms with Gasteiger partial charge in [0.15, 0.2) is 0 Å². The molecule has 0 aliphatic rings. The van der Waals surface area contributed by atoms with E-state index in [2.05, 4.69) is 15.0 Å². The summed E-state index contributed by atoms with van der Waals surface area (Å²) < 4.78 is 0. The molecule has 2 aromatic heterocycles. The van der Waals surface area contributed by atoms with Crippen molar-refractivity contribution in [3.63, 3.8) is 0 Å². The fourth-order valence-corrected chi connectivity index (χ4v) is 1.94. The normalized spacial score (nSPS) is 12.4. The quantitative estimate of drug-likeness (QED) is 0.879. The summed E-state index contributed by atoms with van der Waals surface area (Å²) in [4.78, 5) is 12.3. The standard InChI is InChI=1S/C11H11N3OS/c1-8(15)9-2-3-13-10(6-9)16-11-7-12-4-5-14-11/h2-8,15H,1H3/t8-/m0/s1. The highest BCUT2D eigenvalue weighted by atomic mass is 32.2. The highest BCUT2D eigenvalue weighted by Crippen LogP contribution is 2.25. The van der Waals surface area contributed by atoms with E-state index in [1.807, 2.05) is 6.07 Å². The Balaban J connectivity index is 2.19. The number of aromatic nitrogens is 3. The average molecular weight is 233 g/mol. The van der Waals surface area contributed by atoms with E-state index < -0.39 is 6.10 Å². The van der Waals surface area contributed by atoms with Gasteiger partial charge < -0.3 is 5.11 Å². The van der Waals surface area contributed by atoms with E-state index in [0.29, 0.717) is 0 Å². The molecule has 1 N–H and O–H groups in total. The van der Waals surface area contributed by atoms with Crippen molar-refractivity contribution in [1.82, 2.24) is 15.0 Å². The lowest BCUT2D eigenvalue weighted by Crippen LogP contribution is -1.92. The molecule has 0 amide bonds. The van der Waals surface area contributed by atoms with E-state index in [0.717, 1.165) is 15.6 Å². The molecule has 0 saturated carbocycles. The van der Waals surface area contributed by atoms with Crippen LogP contribution in [0.15, 0.2) is 47.0 Å². The lowest BCUT2D eigenvalue weighted by atomic mass is 10.2. The maximum absolute atomic E-state index is 9.45. The van der Waals surface area contributed by atoms with Crippen LogP contribution in [0.3, 0.4) is 0 Å². The molecule has 0 fully saturated rings. The Labute approximate surface area is 97.8 Å². The Hall–Kier alpha value is -1.46. The Morgan fingerprint density at radius 2 is 2.00 bits per heavy atom. The summed E-state index contributed by atoms with van der Waals surface area (Å²) in [5.74, 6) is 0. The molecule has 0 saturated heterocycles. The van der Waals surface area contributed by atoms with E-state index in [1.165, 1.54) is 11.8 Å². The lowest BCUT2D eigenvalue weighted by Gasteiger charge is -2.05. The van der Waals surface area contributed by atoms with Crippen LogP contribution in [0.1, 0.15) is 18.6 Å². The highest BCUT2D eigenvalue weighted by Gasteiger charge is 2.04. The van der Waals surface area contributed by atoms with Crippen LogP contribution in [0, 0.1) is 0 Å². The van der Waals surface area contributed by atoms with Crippen LogP contribution < -0.4 is 0 Å². The van der Waals surface area contributed by atoms with Crippen molar-refractivity contribution in [2.45, 2.75) is 23.1 Å². The summed E-state index contributed by atoms with van der Waals surface area (Å²) in [6, 6.07) is 3.65. The van der Waals surface area contributed by atoms with Crippen LogP contribution in [-0.4, -0.2) is 20.1 Å². The summed E-state index contributed by atoms with van der Waals surface area (Å²) in [6.07, 6.45) is 6.15. The first-order chi connectivity index (χ1) is 7.75. The predicted octanol–water partition coefficient (Wildman–Crippen LogP) is 2.08. The van der Waals surface area contributed by atoms with E-state index in [4.69, 9.17) is 0 Å². The number of hydrogen-bond acceptors (Lipinski definition) is 5. The Morgan fingerprint density at radius 3 is 2.69 bits per heavy atom. The molecule has 2 rings (SSSR count). The molecule has 0 bridgehead atoms. The average Bonchev–Trinajstić information content (AvgIpc) is 2.30. The van der Waals surface area contributed by atoms with Gasteiger partial charge in [0.05, 0.1) is 12.3 Å². The first-order valence-corrected chi connectivity index (χ1v) is 5.65. The number of aliphatic hydroxyl groups is 1. The third-order valence-electron chi connectivity index (χ3n) is 1.99. The van der Waals surface area contributed by atoms with Gasteiger partial charge in [-0.25, -0.2) is 9.97 Å². The molecule has 0 aliphatic heterocycles. The first-order valence-electron chi connectivity index (χ1n) is 4.83. The molecule has 0 radical (unpaired) electrons. The van der Waals surface area contributed by atoms with Crippen LogP contribution in [0.25, 0.3) is 0 Å². The molecule has 2 aromatic rings. The minimum Gasteiger partial charge on any atom is -0.389 e. The molecular weight excluding hydrogens is 222 g/mol. The van der Waals surface area contributed by atoms with Crippen molar-refractivity contribution in [2.24, 2.45) is 0 Å². The zero-order chi connectivity index (χ0) is 11.4. The van der Waals surface area contributed by atoms with Crippen molar-refractivity contribution in [2.75, 3.05) is 0 Å². The minimum absolute atomic E-state index is 0.482. The first kappa shape index (κ1) is 11.0.